The molecule has 0 saturated carbocycles. The first-order chi connectivity index (χ1) is 15.0. The second-order valence-electron chi connectivity index (χ2n) is 10.2. The van der Waals surface area contributed by atoms with E-state index in [4.69, 9.17) is 39.3 Å². The fourth-order valence-corrected chi connectivity index (χ4v) is 6.32. The Labute approximate surface area is 194 Å². The number of aliphatic hydroxyl groups is 1. The van der Waals surface area contributed by atoms with Crippen molar-refractivity contribution in [2.75, 3.05) is 34.4 Å². The fourth-order valence-electron chi connectivity index (χ4n) is 4.68. The average molecular weight is 475 g/mol. The van der Waals surface area contributed by atoms with Crippen molar-refractivity contribution in [1.82, 2.24) is 0 Å². The number of ether oxygens (including phenoxy) is 6. The molecule has 0 aliphatic carbocycles. The molecule has 186 valence electrons. The van der Waals surface area contributed by atoms with E-state index in [9.17, 15) is 5.11 Å². The number of terminal acetylenes is 1. The van der Waals surface area contributed by atoms with Crippen molar-refractivity contribution in [3.05, 3.63) is 0 Å². The van der Waals surface area contributed by atoms with E-state index in [1.807, 2.05) is 6.92 Å². The Hall–Kier alpha value is -0.543. The molecular weight excluding hydrogens is 432 g/mol. The van der Waals surface area contributed by atoms with Gasteiger partial charge in [-0.1, -0.05) is 5.92 Å². The van der Waals surface area contributed by atoms with E-state index in [1.54, 1.807) is 14.2 Å². The minimum absolute atomic E-state index is 0.140. The van der Waals surface area contributed by atoms with Crippen LogP contribution in [0, 0.1) is 12.3 Å². The minimum atomic E-state index is -1.90. The molecule has 1 N–H and O–H groups in total. The molecule has 2 saturated heterocycles. The zero-order chi connectivity index (χ0) is 24.0. The Balaban J connectivity index is 2.28. The maximum atomic E-state index is 10.2. The molecule has 2 heterocycles. The summed E-state index contributed by atoms with van der Waals surface area (Å²) in [6.07, 6.45) is 5.91. The van der Waals surface area contributed by atoms with Crippen molar-refractivity contribution < 1.29 is 38.0 Å². The van der Waals surface area contributed by atoms with Crippen molar-refractivity contribution in [3.63, 3.8) is 0 Å². The van der Waals surface area contributed by atoms with Gasteiger partial charge in [0.15, 0.2) is 8.32 Å². The Morgan fingerprint density at radius 2 is 1.84 bits per heavy atom. The summed E-state index contributed by atoms with van der Waals surface area (Å²) < 4.78 is 41.6. The second-order valence-corrected chi connectivity index (χ2v) is 14.6. The van der Waals surface area contributed by atoms with Gasteiger partial charge in [-0.25, -0.2) is 0 Å². The summed E-state index contributed by atoms with van der Waals surface area (Å²) in [4.78, 5) is 0. The Morgan fingerprint density at radius 1 is 1.16 bits per heavy atom. The van der Waals surface area contributed by atoms with Crippen LogP contribution in [0.25, 0.3) is 0 Å². The van der Waals surface area contributed by atoms with Gasteiger partial charge in [-0.05, 0) is 46.3 Å². The summed E-state index contributed by atoms with van der Waals surface area (Å²) in [5.41, 5.74) is -1.26. The lowest BCUT2D eigenvalue weighted by atomic mass is 9.86. The summed E-state index contributed by atoms with van der Waals surface area (Å²) in [6, 6.07) is 0. The molecule has 0 radical (unpaired) electrons. The first-order valence-corrected chi connectivity index (χ1v) is 14.7. The van der Waals surface area contributed by atoms with E-state index in [2.05, 4.69) is 32.5 Å². The quantitative estimate of drug-likeness (QED) is 0.212. The molecule has 32 heavy (non-hydrogen) atoms. The number of methoxy groups -OCH3 is 2. The van der Waals surface area contributed by atoms with Crippen LogP contribution >= 0.6 is 0 Å². The van der Waals surface area contributed by atoms with Crippen LogP contribution in [0.2, 0.25) is 19.6 Å². The van der Waals surface area contributed by atoms with Gasteiger partial charge in [0.05, 0.1) is 36.6 Å². The van der Waals surface area contributed by atoms with Crippen LogP contribution in [0.1, 0.15) is 39.5 Å². The first-order valence-electron chi connectivity index (χ1n) is 11.3. The van der Waals surface area contributed by atoms with Gasteiger partial charge in [-0.2, -0.15) is 0 Å². The molecule has 0 spiro atoms. The first kappa shape index (κ1) is 27.7. The van der Waals surface area contributed by atoms with Gasteiger partial charge < -0.3 is 38.0 Å². The molecule has 0 aromatic rings. The molecule has 8 nitrogen and oxygen atoms in total. The minimum Gasteiger partial charge on any atom is -0.410 e. The largest absolute Gasteiger partial charge is 0.410 e. The van der Waals surface area contributed by atoms with E-state index in [-0.39, 0.29) is 38.0 Å². The van der Waals surface area contributed by atoms with Crippen molar-refractivity contribution in [2.45, 2.75) is 101 Å². The maximum absolute atomic E-state index is 10.2. The summed E-state index contributed by atoms with van der Waals surface area (Å²) in [7, 11) is 1.27. The normalized spacial score (nSPS) is 36.7. The van der Waals surface area contributed by atoms with Gasteiger partial charge in [-0.15, -0.1) is 6.42 Å². The van der Waals surface area contributed by atoms with Crippen LogP contribution in [0.3, 0.4) is 0 Å². The molecule has 0 aromatic heterocycles. The Bertz CT molecular complexity index is 620. The van der Waals surface area contributed by atoms with Crippen LogP contribution in [-0.2, 0) is 32.8 Å². The summed E-state index contributed by atoms with van der Waals surface area (Å²) in [6.45, 7) is 11.1. The third-order valence-electron chi connectivity index (χ3n) is 6.05. The number of fused-ring (bicyclic) bond motifs is 1. The maximum Gasteiger partial charge on any atom is 0.184 e. The van der Waals surface area contributed by atoms with Crippen LogP contribution in [0.15, 0.2) is 0 Å². The van der Waals surface area contributed by atoms with Gasteiger partial charge in [0.25, 0.3) is 0 Å². The van der Waals surface area contributed by atoms with E-state index >= 15 is 0 Å². The molecule has 2 aliphatic rings. The van der Waals surface area contributed by atoms with Crippen molar-refractivity contribution in [3.8, 4) is 12.3 Å². The highest BCUT2D eigenvalue weighted by molar-refractivity contribution is 6.69. The van der Waals surface area contributed by atoms with Crippen molar-refractivity contribution >= 4 is 8.32 Å². The Morgan fingerprint density at radius 3 is 2.44 bits per heavy atom. The highest BCUT2D eigenvalue weighted by Crippen LogP contribution is 2.42. The predicted octanol–water partition coefficient (Wildman–Crippen LogP) is 2.69. The van der Waals surface area contributed by atoms with Gasteiger partial charge in [0, 0.05) is 27.1 Å². The summed E-state index contributed by atoms with van der Waals surface area (Å²) in [5.74, 6) is 2.41. The molecule has 0 aromatic carbocycles. The van der Waals surface area contributed by atoms with Gasteiger partial charge in [0.2, 0.25) is 0 Å². The number of aliphatic hydroxyl groups excluding tert-OH is 1. The van der Waals surface area contributed by atoms with Crippen molar-refractivity contribution in [1.29, 1.82) is 0 Å². The third kappa shape index (κ3) is 7.48. The lowest BCUT2D eigenvalue weighted by molar-refractivity contribution is -0.276. The van der Waals surface area contributed by atoms with Gasteiger partial charge >= 0.3 is 0 Å². The monoisotopic (exact) mass is 474 g/mol. The highest BCUT2D eigenvalue weighted by atomic mass is 28.4. The third-order valence-corrected chi connectivity index (χ3v) is 7.13. The molecule has 2 aliphatic heterocycles. The zero-order valence-electron chi connectivity index (χ0n) is 20.7. The SMILES string of the molecule is C#C[C@H](O)C[C@@H]1O[C@@H]2C[C@H](OCOC)[C@@](C)(COCOC)O[C@H]2CC[C@@]1(C)O[Si](C)(C)C. The lowest BCUT2D eigenvalue weighted by Gasteiger charge is -2.47. The fraction of sp³-hybridized carbons (Fsp3) is 0.913. The highest BCUT2D eigenvalue weighted by Gasteiger charge is 2.52. The Kier molecular flexibility index (Phi) is 10.2. The van der Waals surface area contributed by atoms with Crippen LogP contribution in [0.5, 0.6) is 0 Å². The van der Waals surface area contributed by atoms with E-state index in [0.717, 1.165) is 12.8 Å². The molecule has 0 amide bonds. The predicted molar refractivity (Wildman–Crippen MR) is 123 cm³/mol. The molecule has 2 rings (SSSR count). The van der Waals surface area contributed by atoms with E-state index < -0.39 is 25.6 Å². The van der Waals surface area contributed by atoms with Gasteiger partial charge in [-0.3, -0.25) is 0 Å². The number of rotatable bonds is 11. The van der Waals surface area contributed by atoms with E-state index in [1.165, 1.54) is 0 Å². The summed E-state index contributed by atoms with van der Waals surface area (Å²) >= 11 is 0. The zero-order valence-corrected chi connectivity index (χ0v) is 21.7. The average Bonchev–Trinajstić information content (AvgIpc) is 2.82. The summed E-state index contributed by atoms with van der Waals surface area (Å²) in [5, 5.41) is 10.2. The second kappa shape index (κ2) is 11.7. The van der Waals surface area contributed by atoms with Crippen molar-refractivity contribution in [2.24, 2.45) is 0 Å². The van der Waals surface area contributed by atoms with E-state index in [0.29, 0.717) is 19.4 Å². The molecule has 7 atom stereocenters. The topological polar surface area (TPSA) is 84.8 Å². The standard InChI is InChI=1S/C23H42O8Si/c1-9-17(24)12-21-22(2,31-32(6,7)8)11-10-18-19(29-21)13-20(28-16-26-5)23(3,30-18)14-27-15-25-4/h1,17-21,24H,10-16H2,2-8H3/t17-,18-,19+,20-,21-,22+,23+/m0/s1. The van der Waals surface area contributed by atoms with Gasteiger partial charge in [0.1, 0.15) is 25.3 Å². The number of hydrogen-bond donors (Lipinski definition) is 1. The smallest absolute Gasteiger partial charge is 0.184 e. The van der Waals surface area contributed by atoms with Crippen LogP contribution in [0.4, 0.5) is 0 Å². The lowest BCUT2D eigenvalue weighted by Crippen LogP contribution is -2.59. The number of hydrogen-bond acceptors (Lipinski definition) is 8. The van der Waals surface area contributed by atoms with Crippen LogP contribution in [-0.4, -0.2) is 89.6 Å². The molecule has 0 unspecified atom stereocenters. The molecule has 2 fully saturated rings. The molecular formula is C23H42O8Si. The molecule has 9 heteroatoms. The van der Waals surface area contributed by atoms with Crippen LogP contribution < -0.4 is 0 Å². The molecule has 0 bridgehead atoms.